The Morgan fingerprint density at radius 1 is 1.64 bits per heavy atom. The van der Waals surface area contributed by atoms with Gasteiger partial charge in [0.15, 0.2) is 6.29 Å². The quantitative estimate of drug-likeness (QED) is 0.578. The average molecular weight is 149 g/mol. The SMILES string of the molecule is O=CC1N=CNc2cc[nH]c21. The lowest BCUT2D eigenvalue weighted by Gasteiger charge is -2.11. The van der Waals surface area contributed by atoms with Gasteiger partial charge in [-0.3, -0.25) is 4.99 Å². The normalized spacial score (nSPS) is 20.5. The van der Waals surface area contributed by atoms with E-state index in [2.05, 4.69) is 15.3 Å². The van der Waals surface area contributed by atoms with Gasteiger partial charge in [-0.1, -0.05) is 0 Å². The van der Waals surface area contributed by atoms with Crippen LogP contribution in [0.3, 0.4) is 0 Å². The average Bonchev–Trinajstić information content (AvgIpc) is 2.50. The topological polar surface area (TPSA) is 57.2 Å². The van der Waals surface area contributed by atoms with Crippen LogP contribution < -0.4 is 5.32 Å². The Morgan fingerprint density at radius 3 is 3.36 bits per heavy atom. The van der Waals surface area contributed by atoms with Crippen molar-refractivity contribution in [2.24, 2.45) is 4.99 Å². The zero-order valence-electron chi connectivity index (χ0n) is 5.74. The minimum atomic E-state index is -0.360. The lowest BCUT2D eigenvalue weighted by molar-refractivity contribution is -0.109. The number of H-pyrrole nitrogens is 1. The number of rotatable bonds is 1. The van der Waals surface area contributed by atoms with Gasteiger partial charge in [0.05, 0.1) is 17.7 Å². The minimum absolute atomic E-state index is 0.360. The maximum Gasteiger partial charge on any atom is 0.150 e. The van der Waals surface area contributed by atoms with Gasteiger partial charge in [0, 0.05) is 6.20 Å². The predicted octanol–water partition coefficient (Wildman–Crippen LogP) is 0.708. The first kappa shape index (κ1) is 6.15. The molecule has 2 heterocycles. The summed E-state index contributed by atoms with van der Waals surface area (Å²) in [6.07, 6.45) is 4.13. The number of carbonyl (C=O) groups is 1. The van der Waals surface area contributed by atoms with Crippen molar-refractivity contribution in [1.29, 1.82) is 0 Å². The van der Waals surface area contributed by atoms with E-state index in [0.717, 1.165) is 17.7 Å². The number of aldehydes is 1. The molecule has 0 saturated carbocycles. The molecule has 1 aliphatic rings. The molecule has 0 spiro atoms. The van der Waals surface area contributed by atoms with E-state index in [1.807, 2.05) is 6.07 Å². The van der Waals surface area contributed by atoms with E-state index in [-0.39, 0.29) is 6.04 Å². The van der Waals surface area contributed by atoms with Crippen molar-refractivity contribution in [2.75, 3.05) is 5.32 Å². The Hall–Kier alpha value is -1.58. The molecule has 1 aromatic heterocycles. The van der Waals surface area contributed by atoms with Crippen LogP contribution in [0.2, 0.25) is 0 Å². The van der Waals surface area contributed by atoms with Crippen LogP contribution in [-0.4, -0.2) is 17.6 Å². The number of carbonyl (C=O) groups excluding carboxylic acids is 1. The molecule has 1 unspecified atom stereocenters. The van der Waals surface area contributed by atoms with E-state index in [0.29, 0.717) is 0 Å². The molecule has 1 atom stereocenters. The lowest BCUT2D eigenvalue weighted by atomic mass is 10.2. The first-order valence-electron chi connectivity index (χ1n) is 3.32. The van der Waals surface area contributed by atoms with Crippen molar-refractivity contribution in [2.45, 2.75) is 6.04 Å². The van der Waals surface area contributed by atoms with Crippen molar-refractivity contribution in [3.8, 4) is 0 Å². The van der Waals surface area contributed by atoms with E-state index >= 15 is 0 Å². The third-order valence-electron chi connectivity index (χ3n) is 1.66. The van der Waals surface area contributed by atoms with Crippen LogP contribution in [-0.2, 0) is 4.79 Å². The molecule has 0 radical (unpaired) electrons. The summed E-state index contributed by atoms with van der Waals surface area (Å²) in [4.78, 5) is 17.3. The van der Waals surface area contributed by atoms with Crippen molar-refractivity contribution in [3.63, 3.8) is 0 Å². The minimum Gasteiger partial charge on any atom is -0.361 e. The molecular weight excluding hydrogens is 142 g/mol. The molecule has 0 aliphatic carbocycles. The number of aliphatic imine (C=N–C) groups is 1. The fourth-order valence-electron chi connectivity index (χ4n) is 1.12. The van der Waals surface area contributed by atoms with Crippen molar-refractivity contribution in [3.05, 3.63) is 18.0 Å². The lowest BCUT2D eigenvalue weighted by Crippen LogP contribution is -2.09. The number of aromatic amines is 1. The summed E-state index contributed by atoms with van der Waals surface area (Å²) in [5.74, 6) is 0. The van der Waals surface area contributed by atoms with Crippen molar-refractivity contribution >= 4 is 18.3 Å². The van der Waals surface area contributed by atoms with Gasteiger partial charge >= 0.3 is 0 Å². The van der Waals surface area contributed by atoms with Crippen LogP contribution in [0, 0.1) is 0 Å². The van der Waals surface area contributed by atoms with Gasteiger partial charge in [-0.15, -0.1) is 0 Å². The smallest absolute Gasteiger partial charge is 0.150 e. The maximum absolute atomic E-state index is 10.5. The molecule has 4 heteroatoms. The van der Waals surface area contributed by atoms with Gasteiger partial charge in [-0.2, -0.15) is 0 Å². The zero-order valence-corrected chi connectivity index (χ0v) is 5.74. The second-order valence-corrected chi connectivity index (χ2v) is 2.31. The highest BCUT2D eigenvalue weighted by molar-refractivity contribution is 5.84. The molecule has 4 nitrogen and oxygen atoms in total. The molecule has 0 aromatic carbocycles. The van der Waals surface area contributed by atoms with Crippen LogP contribution in [0.1, 0.15) is 11.7 Å². The van der Waals surface area contributed by atoms with E-state index in [1.54, 1.807) is 6.20 Å². The van der Waals surface area contributed by atoms with Gasteiger partial charge in [0.2, 0.25) is 0 Å². The Kier molecular flexibility index (Phi) is 1.25. The van der Waals surface area contributed by atoms with Gasteiger partial charge in [0.25, 0.3) is 0 Å². The molecule has 0 amide bonds. The molecular formula is C7H7N3O. The van der Waals surface area contributed by atoms with Gasteiger partial charge in [-0.05, 0) is 6.07 Å². The Bertz CT molecular complexity index is 302. The molecule has 56 valence electrons. The second-order valence-electron chi connectivity index (χ2n) is 2.31. The Balaban J connectivity index is 2.46. The number of nitrogens with one attached hydrogen (secondary N) is 2. The molecule has 0 saturated heterocycles. The molecule has 0 fully saturated rings. The van der Waals surface area contributed by atoms with Gasteiger partial charge in [0.1, 0.15) is 6.04 Å². The van der Waals surface area contributed by atoms with Crippen LogP contribution in [0.5, 0.6) is 0 Å². The summed E-state index contributed by atoms with van der Waals surface area (Å²) >= 11 is 0. The van der Waals surface area contributed by atoms with E-state index in [4.69, 9.17) is 0 Å². The fraction of sp³-hybridized carbons (Fsp3) is 0.143. The van der Waals surface area contributed by atoms with Gasteiger partial charge in [-0.25, -0.2) is 0 Å². The highest BCUT2D eigenvalue weighted by Gasteiger charge is 2.16. The number of aromatic nitrogens is 1. The van der Waals surface area contributed by atoms with Crippen molar-refractivity contribution < 1.29 is 4.79 Å². The van der Waals surface area contributed by atoms with E-state index in [9.17, 15) is 4.79 Å². The van der Waals surface area contributed by atoms with Crippen LogP contribution in [0.4, 0.5) is 5.69 Å². The molecule has 0 bridgehead atoms. The summed E-state index contributed by atoms with van der Waals surface area (Å²) < 4.78 is 0. The highest BCUT2D eigenvalue weighted by Crippen LogP contribution is 2.24. The summed E-state index contributed by atoms with van der Waals surface area (Å²) in [5.41, 5.74) is 1.76. The molecule has 2 rings (SSSR count). The monoisotopic (exact) mass is 149 g/mol. The standard InChI is InChI=1S/C7H7N3O/c11-3-6-7-5(1-2-8-7)9-4-10-6/h1-4,6,8H,(H,9,10). The molecule has 1 aliphatic heterocycles. The molecule has 1 aromatic rings. The third kappa shape index (κ3) is 0.832. The number of nitrogens with zero attached hydrogens (tertiary/aromatic N) is 1. The van der Waals surface area contributed by atoms with Crippen LogP contribution in [0.25, 0.3) is 0 Å². The predicted molar refractivity (Wildman–Crippen MR) is 41.7 cm³/mol. The van der Waals surface area contributed by atoms with Crippen LogP contribution >= 0.6 is 0 Å². The van der Waals surface area contributed by atoms with Gasteiger partial charge < -0.3 is 15.1 Å². The third-order valence-corrected chi connectivity index (χ3v) is 1.66. The highest BCUT2D eigenvalue weighted by atomic mass is 16.1. The molecule has 2 N–H and O–H groups in total. The number of hydrogen-bond acceptors (Lipinski definition) is 3. The van der Waals surface area contributed by atoms with Crippen molar-refractivity contribution in [1.82, 2.24) is 4.98 Å². The summed E-state index contributed by atoms with van der Waals surface area (Å²) in [6.45, 7) is 0. The summed E-state index contributed by atoms with van der Waals surface area (Å²) in [5, 5.41) is 2.93. The first-order valence-corrected chi connectivity index (χ1v) is 3.32. The zero-order chi connectivity index (χ0) is 7.68. The second kappa shape index (κ2) is 2.23. The van der Waals surface area contributed by atoms with E-state index in [1.165, 1.54) is 6.34 Å². The largest absolute Gasteiger partial charge is 0.361 e. The first-order chi connectivity index (χ1) is 5.42. The summed E-state index contributed by atoms with van der Waals surface area (Å²) in [7, 11) is 0. The molecule has 11 heavy (non-hydrogen) atoms. The van der Waals surface area contributed by atoms with E-state index < -0.39 is 0 Å². The summed E-state index contributed by atoms with van der Waals surface area (Å²) in [6, 6.07) is 1.51. The maximum atomic E-state index is 10.5. The van der Waals surface area contributed by atoms with Crippen LogP contribution in [0.15, 0.2) is 17.3 Å². The number of anilines is 1. The Labute approximate surface area is 63.3 Å². The fourth-order valence-corrected chi connectivity index (χ4v) is 1.12. The number of fused-ring (bicyclic) bond motifs is 1. The Morgan fingerprint density at radius 2 is 2.55 bits per heavy atom. The number of hydrogen-bond donors (Lipinski definition) is 2.